The Balaban J connectivity index is 0.00000341. The minimum absolute atomic E-state index is 0. The van der Waals surface area contributed by atoms with Crippen LogP contribution in [-0.4, -0.2) is 64.0 Å². The molecule has 2 fully saturated rings. The predicted molar refractivity (Wildman–Crippen MR) is 138 cm³/mol. The molecule has 6 nitrogen and oxygen atoms in total. The lowest BCUT2D eigenvalue weighted by Gasteiger charge is -2.30. The van der Waals surface area contributed by atoms with E-state index >= 15 is 0 Å². The highest BCUT2D eigenvalue weighted by Gasteiger charge is 2.33. The molecule has 1 saturated carbocycles. The molecule has 0 amide bonds. The maximum atomic E-state index is 5.49. The van der Waals surface area contributed by atoms with Crippen LogP contribution in [0.25, 0.3) is 0 Å². The Bertz CT molecular complexity index is 659. The summed E-state index contributed by atoms with van der Waals surface area (Å²) in [6, 6.07) is 8.69. The monoisotopic (exact) mass is 544 g/mol. The van der Waals surface area contributed by atoms with Gasteiger partial charge in [0.2, 0.25) is 0 Å². The normalized spacial score (nSPS) is 19.1. The fraction of sp³-hybridized carbons (Fsp3) is 0.708. The van der Waals surface area contributed by atoms with Crippen molar-refractivity contribution in [2.75, 3.05) is 53.1 Å². The van der Waals surface area contributed by atoms with Gasteiger partial charge in [-0.15, -0.1) is 24.0 Å². The van der Waals surface area contributed by atoms with Gasteiger partial charge in [0.15, 0.2) is 5.96 Å². The first-order valence-corrected chi connectivity index (χ1v) is 11.6. The van der Waals surface area contributed by atoms with Crippen LogP contribution < -0.4 is 10.6 Å². The summed E-state index contributed by atoms with van der Waals surface area (Å²) in [5, 5.41) is 7.07. The smallest absolute Gasteiger partial charge is 0.191 e. The molecule has 7 heteroatoms. The molecular formula is C24H41IN4O2. The topological polar surface area (TPSA) is 58.1 Å². The van der Waals surface area contributed by atoms with Crippen molar-refractivity contribution in [3.05, 3.63) is 35.4 Å². The molecule has 0 atom stereocenters. The van der Waals surface area contributed by atoms with Crippen molar-refractivity contribution >= 4 is 29.9 Å². The van der Waals surface area contributed by atoms with Crippen LogP contribution in [-0.2, 0) is 22.6 Å². The van der Waals surface area contributed by atoms with Crippen molar-refractivity contribution in [1.29, 1.82) is 0 Å². The van der Waals surface area contributed by atoms with Crippen LogP contribution in [0.15, 0.2) is 29.3 Å². The van der Waals surface area contributed by atoms with Crippen LogP contribution >= 0.6 is 24.0 Å². The lowest BCUT2D eigenvalue weighted by molar-refractivity contribution is 0.0341. The van der Waals surface area contributed by atoms with Crippen molar-refractivity contribution in [3.63, 3.8) is 0 Å². The van der Waals surface area contributed by atoms with Crippen LogP contribution in [0.4, 0.5) is 0 Å². The van der Waals surface area contributed by atoms with Crippen LogP contribution in [0.5, 0.6) is 0 Å². The third kappa shape index (κ3) is 8.51. The van der Waals surface area contributed by atoms with Crippen molar-refractivity contribution in [1.82, 2.24) is 15.5 Å². The van der Waals surface area contributed by atoms with Gasteiger partial charge in [-0.3, -0.25) is 4.90 Å². The van der Waals surface area contributed by atoms with E-state index in [1.807, 2.05) is 0 Å². The Hall–Kier alpha value is -0.900. The number of ether oxygens (including phenoxy) is 2. The molecule has 0 bridgehead atoms. The molecule has 3 rings (SSSR count). The largest absolute Gasteiger partial charge is 0.385 e. The summed E-state index contributed by atoms with van der Waals surface area (Å²) >= 11 is 0. The summed E-state index contributed by atoms with van der Waals surface area (Å²) in [7, 11) is 1.80. The molecule has 1 aliphatic heterocycles. The zero-order chi connectivity index (χ0) is 21.1. The third-order valence-corrected chi connectivity index (χ3v) is 6.50. The van der Waals surface area contributed by atoms with Gasteiger partial charge < -0.3 is 20.1 Å². The number of halogens is 1. The molecular weight excluding hydrogens is 503 g/mol. The predicted octanol–water partition coefficient (Wildman–Crippen LogP) is 3.79. The highest BCUT2D eigenvalue weighted by molar-refractivity contribution is 14.0. The van der Waals surface area contributed by atoms with Crippen LogP contribution in [0.1, 0.15) is 50.2 Å². The van der Waals surface area contributed by atoms with E-state index in [9.17, 15) is 0 Å². The van der Waals surface area contributed by atoms with E-state index in [1.165, 1.54) is 36.8 Å². The first kappa shape index (κ1) is 26.4. The summed E-state index contributed by atoms with van der Waals surface area (Å²) < 4.78 is 10.9. The fourth-order valence-corrected chi connectivity index (χ4v) is 4.60. The Morgan fingerprint density at radius 3 is 2.52 bits per heavy atom. The molecule has 0 aromatic heterocycles. The Kier molecular flexibility index (Phi) is 12.1. The number of nitrogens with one attached hydrogen (secondary N) is 2. The van der Waals surface area contributed by atoms with E-state index in [1.54, 1.807) is 7.11 Å². The van der Waals surface area contributed by atoms with Crippen molar-refractivity contribution in [2.45, 2.75) is 52.1 Å². The fourth-order valence-electron chi connectivity index (χ4n) is 4.60. The Labute approximate surface area is 205 Å². The van der Waals surface area contributed by atoms with Gasteiger partial charge in [0, 0.05) is 46.4 Å². The maximum absolute atomic E-state index is 5.49. The standard InChI is InChI=1S/C24H40N4O2.HI/c1-3-25-23(27-20-24(12-15-29-2)10-6-7-11-24)26-18-21-8-4-5-9-22(21)19-28-13-16-30-17-14-28;/h4-5,8-9H,3,6-7,10-20H2,1-2H3,(H2,25,26,27);1H. The average Bonchev–Trinajstić information content (AvgIpc) is 3.25. The summed E-state index contributed by atoms with van der Waals surface area (Å²) in [4.78, 5) is 7.40. The van der Waals surface area contributed by atoms with Gasteiger partial charge in [0.05, 0.1) is 19.8 Å². The molecule has 0 unspecified atom stereocenters. The van der Waals surface area contributed by atoms with E-state index in [4.69, 9.17) is 14.5 Å². The molecule has 31 heavy (non-hydrogen) atoms. The highest BCUT2D eigenvalue weighted by atomic mass is 127. The molecule has 1 heterocycles. The number of morpholine rings is 1. The van der Waals surface area contributed by atoms with Gasteiger partial charge in [-0.2, -0.15) is 0 Å². The Morgan fingerprint density at radius 2 is 1.84 bits per heavy atom. The van der Waals surface area contributed by atoms with Gasteiger partial charge in [0.1, 0.15) is 0 Å². The third-order valence-electron chi connectivity index (χ3n) is 6.50. The zero-order valence-corrected chi connectivity index (χ0v) is 21.7. The quantitative estimate of drug-likeness (QED) is 0.267. The molecule has 0 spiro atoms. The Morgan fingerprint density at radius 1 is 1.13 bits per heavy atom. The minimum atomic E-state index is 0. The van der Waals surface area contributed by atoms with Gasteiger partial charge in [-0.1, -0.05) is 37.1 Å². The maximum Gasteiger partial charge on any atom is 0.191 e. The number of hydrogen-bond acceptors (Lipinski definition) is 4. The minimum Gasteiger partial charge on any atom is -0.385 e. The average molecular weight is 545 g/mol. The highest BCUT2D eigenvalue weighted by Crippen LogP contribution is 2.40. The van der Waals surface area contributed by atoms with E-state index in [2.05, 4.69) is 46.7 Å². The van der Waals surface area contributed by atoms with E-state index in [0.29, 0.717) is 12.0 Å². The zero-order valence-electron chi connectivity index (χ0n) is 19.3. The summed E-state index contributed by atoms with van der Waals surface area (Å²) in [5.74, 6) is 0.919. The van der Waals surface area contributed by atoms with Gasteiger partial charge >= 0.3 is 0 Å². The molecule has 2 N–H and O–H groups in total. The summed E-state index contributed by atoms with van der Waals surface area (Å²) in [5.41, 5.74) is 3.02. The van der Waals surface area contributed by atoms with Gasteiger partial charge in [-0.05, 0) is 42.7 Å². The number of aliphatic imine (C=N–C) groups is 1. The molecule has 176 valence electrons. The molecule has 1 aromatic carbocycles. The SMILES string of the molecule is CCNC(=NCc1ccccc1CN1CCOCC1)NCC1(CCOC)CCCC1.I. The van der Waals surface area contributed by atoms with Crippen molar-refractivity contribution in [3.8, 4) is 0 Å². The molecule has 2 aliphatic rings. The van der Waals surface area contributed by atoms with Crippen LogP contribution in [0.3, 0.4) is 0 Å². The second kappa shape index (κ2) is 14.3. The summed E-state index contributed by atoms with van der Waals surface area (Å²) in [6.07, 6.45) is 6.34. The van der Waals surface area contributed by atoms with Gasteiger partial charge in [0.25, 0.3) is 0 Å². The van der Waals surface area contributed by atoms with E-state index in [-0.39, 0.29) is 24.0 Å². The second-order valence-electron chi connectivity index (χ2n) is 8.66. The lowest BCUT2D eigenvalue weighted by Crippen LogP contribution is -2.43. The molecule has 1 aromatic rings. The van der Waals surface area contributed by atoms with Crippen LogP contribution in [0, 0.1) is 5.41 Å². The number of methoxy groups -OCH3 is 1. The molecule has 0 radical (unpaired) electrons. The van der Waals surface area contributed by atoms with Crippen molar-refractivity contribution < 1.29 is 9.47 Å². The molecule has 1 aliphatic carbocycles. The van der Waals surface area contributed by atoms with Crippen LogP contribution in [0.2, 0.25) is 0 Å². The van der Waals surface area contributed by atoms with E-state index < -0.39 is 0 Å². The lowest BCUT2D eigenvalue weighted by atomic mass is 9.83. The first-order chi connectivity index (χ1) is 14.7. The number of benzene rings is 1. The number of nitrogens with zero attached hydrogens (tertiary/aromatic N) is 2. The number of rotatable bonds is 10. The number of hydrogen-bond donors (Lipinski definition) is 2. The second-order valence-corrected chi connectivity index (χ2v) is 8.66. The van der Waals surface area contributed by atoms with E-state index in [0.717, 1.165) is 64.9 Å². The van der Waals surface area contributed by atoms with Gasteiger partial charge in [-0.25, -0.2) is 4.99 Å². The summed E-state index contributed by atoms with van der Waals surface area (Å²) in [6.45, 7) is 10.1. The first-order valence-electron chi connectivity index (χ1n) is 11.6. The van der Waals surface area contributed by atoms with Crippen molar-refractivity contribution in [2.24, 2.45) is 10.4 Å². The molecule has 1 saturated heterocycles. The number of guanidine groups is 1.